The van der Waals surface area contributed by atoms with E-state index in [1.807, 2.05) is 39.8 Å². The van der Waals surface area contributed by atoms with Crippen molar-refractivity contribution in [1.82, 2.24) is 0 Å². The summed E-state index contributed by atoms with van der Waals surface area (Å²) < 4.78 is 23.6. The number of benzene rings is 2. The number of rotatable bonds is 10. The lowest BCUT2D eigenvalue weighted by Crippen LogP contribution is -2.23. The highest BCUT2D eigenvalue weighted by atomic mass is 79.9. The van der Waals surface area contributed by atoms with E-state index in [0.717, 1.165) is 39.1 Å². The van der Waals surface area contributed by atoms with E-state index in [0.29, 0.717) is 37.9 Å². The highest BCUT2D eigenvalue weighted by Gasteiger charge is 2.37. The normalized spacial score (nSPS) is 17.2. The number of hydrogen-bond donors (Lipinski definition) is 0. The topological polar surface area (TPSA) is 36.9 Å². The summed E-state index contributed by atoms with van der Waals surface area (Å²) in [5.41, 5.74) is 4.34. The van der Waals surface area contributed by atoms with Crippen LogP contribution in [0.1, 0.15) is 61.8 Å². The van der Waals surface area contributed by atoms with Crippen molar-refractivity contribution in [3.05, 3.63) is 46.5 Å². The van der Waals surface area contributed by atoms with Gasteiger partial charge in [0.25, 0.3) is 0 Å². The Morgan fingerprint density at radius 2 is 1.00 bits per heavy atom. The third kappa shape index (κ3) is 4.89. The van der Waals surface area contributed by atoms with Crippen molar-refractivity contribution in [1.29, 1.82) is 0 Å². The van der Waals surface area contributed by atoms with Crippen molar-refractivity contribution >= 4 is 39.1 Å². The lowest BCUT2D eigenvalue weighted by atomic mass is 9.73. The molecule has 1 aliphatic carbocycles. The SMILES string of the molecule is CCOc1cc2c(cc1OCC)C(C(Cl)Cl)c1cc(OCC)c(OCC)cc1C2CBr. The number of alkyl halides is 3. The minimum atomic E-state index is -0.645. The highest BCUT2D eigenvalue weighted by Crippen LogP contribution is 2.52. The Hall–Kier alpha value is -1.30. The predicted octanol–water partition coefficient (Wildman–Crippen LogP) is 7.06. The van der Waals surface area contributed by atoms with Crippen LogP contribution in [0.3, 0.4) is 0 Å². The molecule has 0 fully saturated rings. The molecular formula is C24H29BrCl2O4. The summed E-state index contributed by atoms with van der Waals surface area (Å²) >= 11 is 16.9. The van der Waals surface area contributed by atoms with Gasteiger partial charge in [-0.3, -0.25) is 0 Å². The summed E-state index contributed by atoms with van der Waals surface area (Å²) in [6.45, 7) is 10.0. The Bertz CT molecular complexity index is 836. The first-order chi connectivity index (χ1) is 15.0. The molecule has 0 heterocycles. The van der Waals surface area contributed by atoms with Crippen LogP contribution in [0.2, 0.25) is 0 Å². The van der Waals surface area contributed by atoms with Crippen LogP contribution in [-0.2, 0) is 0 Å². The smallest absolute Gasteiger partial charge is 0.161 e. The Balaban J connectivity index is 2.27. The quantitative estimate of drug-likeness (QED) is 0.307. The van der Waals surface area contributed by atoms with Gasteiger partial charge in [-0.2, -0.15) is 0 Å². The lowest BCUT2D eigenvalue weighted by molar-refractivity contribution is 0.285. The molecule has 0 aromatic heterocycles. The molecule has 0 amide bonds. The fourth-order valence-corrected chi connectivity index (χ4v) is 5.41. The molecule has 7 heteroatoms. The zero-order valence-electron chi connectivity index (χ0n) is 18.3. The van der Waals surface area contributed by atoms with Crippen LogP contribution in [-0.4, -0.2) is 36.6 Å². The van der Waals surface area contributed by atoms with E-state index in [4.69, 9.17) is 42.1 Å². The molecule has 2 aromatic rings. The van der Waals surface area contributed by atoms with Gasteiger partial charge in [0.2, 0.25) is 0 Å². The molecule has 0 unspecified atom stereocenters. The second-order valence-corrected chi connectivity index (χ2v) is 8.92. The van der Waals surface area contributed by atoms with Crippen LogP contribution < -0.4 is 18.9 Å². The van der Waals surface area contributed by atoms with Gasteiger partial charge in [-0.1, -0.05) is 15.9 Å². The van der Waals surface area contributed by atoms with Gasteiger partial charge in [-0.05, 0) is 74.2 Å². The van der Waals surface area contributed by atoms with E-state index < -0.39 is 4.84 Å². The largest absolute Gasteiger partial charge is 0.490 e. The van der Waals surface area contributed by atoms with E-state index in [-0.39, 0.29) is 11.8 Å². The van der Waals surface area contributed by atoms with Crippen molar-refractivity contribution in [3.63, 3.8) is 0 Å². The molecule has 2 aromatic carbocycles. The maximum atomic E-state index is 6.57. The molecule has 3 rings (SSSR count). The van der Waals surface area contributed by atoms with Crippen LogP contribution in [0.15, 0.2) is 24.3 Å². The first-order valence-corrected chi connectivity index (χ1v) is 12.7. The van der Waals surface area contributed by atoms with Crippen LogP contribution in [0.25, 0.3) is 0 Å². The number of halogens is 3. The molecule has 0 N–H and O–H groups in total. The minimum Gasteiger partial charge on any atom is -0.490 e. The molecule has 4 nitrogen and oxygen atoms in total. The van der Waals surface area contributed by atoms with Gasteiger partial charge in [-0.25, -0.2) is 0 Å². The van der Waals surface area contributed by atoms with Gasteiger partial charge in [0.15, 0.2) is 23.0 Å². The Kier molecular flexibility index (Phi) is 8.65. The van der Waals surface area contributed by atoms with Gasteiger partial charge < -0.3 is 18.9 Å². The fourth-order valence-electron chi connectivity index (χ4n) is 4.17. The van der Waals surface area contributed by atoms with E-state index in [1.54, 1.807) is 0 Å². The Morgan fingerprint density at radius 3 is 1.26 bits per heavy atom. The highest BCUT2D eigenvalue weighted by molar-refractivity contribution is 9.09. The van der Waals surface area contributed by atoms with E-state index >= 15 is 0 Å². The monoisotopic (exact) mass is 530 g/mol. The Morgan fingerprint density at radius 1 is 0.677 bits per heavy atom. The molecular weight excluding hydrogens is 503 g/mol. The third-order valence-electron chi connectivity index (χ3n) is 5.33. The molecule has 1 aliphatic rings. The Labute approximate surface area is 203 Å². The van der Waals surface area contributed by atoms with Crippen molar-refractivity contribution < 1.29 is 18.9 Å². The first-order valence-electron chi connectivity index (χ1n) is 10.7. The minimum absolute atomic E-state index is 0.0816. The summed E-state index contributed by atoms with van der Waals surface area (Å²) in [6, 6.07) is 8.20. The second-order valence-electron chi connectivity index (χ2n) is 7.11. The van der Waals surface area contributed by atoms with Crippen molar-refractivity contribution in [2.75, 3.05) is 31.8 Å². The van der Waals surface area contributed by atoms with E-state index in [2.05, 4.69) is 28.1 Å². The second kappa shape index (κ2) is 11.0. The summed E-state index contributed by atoms with van der Waals surface area (Å²) in [6.07, 6.45) is 0. The van der Waals surface area contributed by atoms with Gasteiger partial charge >= 0.3 is 0 Å². The van der Waals surface area contributed by atoms with Crippen molar-refractivity contribution in [2.45, 2.75) is 44.4 Å². The summed E-state index contributed by atoms with van der Waals surface area (Å²) in [4.78, 5) is -0.645. The third-order valence-corrected chi connectivity index (χ3v) is 6.48. The van der Waals surface area contributed by atoms with E-state index in [9.17, 15) is 0 Å². The maximum Gasteiger partial charge on any atom is 0.161 e. The summed E-state index contributed by atoms with van der Waals surface area (Å²) in [5.74, 6) is 2.72. The first kappa shape index (κ1) is 24.3. The van der Waals surface area contributed by atoms with Crippen molar-refractivity contribution in [2.24, 2.45) is 0 Å². The average Bonchev–Trinajstić information content (AvgIpc) is 2.73. The zero-order valence-corrected chi connectivity index (χ0v) is 21.4. The average molecular weight is 532 g/mol. The van der Waals surface area contributed by atoms with E-state index in [1.165, 1.54) is 0 Å². The van der Waals surface area contributed by atoms with Gasteiger partial charge in [0.1, 0.15) is 4.84 Å². The van der Waals surface area contributed by atoms with Crippen molar-refractivity contribution in [3.8, 4) is 23.0 Å². The molecule has 31 heavy (non-hydrogen) atoms. The fraction of sp³-hybridized carbons (Fsp3) is 0.500. The zero-order chi connectivity index (χ0) is 22.5. The van der Waals surface area contributed by atoms with Gasteiger partial charge in [0, 0.05) is 17.2 Å². The number of ether oxygens (including phenoxy) is 4. The molecule has 0 spiro atoms. The molecule has 0 saturated heterocycles. The predicted molar refractivity (Wildman–Crippen MR) is 131 cm³/mol. The van der Waals surface area contributed by atoms with Gasteiger partial charge in [0.05, 0.1) is 26.4 Å². The number of hydrogen-bond acceptors (Lipinski definition) is 4. The standard InChI is InChI=1S/C24H29BrCl2O4/c1-5-28-19-9-14-16(11-21(19)30-7-3)23(24(26)27)17-12-22(31-8-4)20(29-6-2)10-15(17)18(14)13-25/h9-12,18,23-24H,5-8,13H2,1-4H3. The van der Waals surface area contributed by atoms with Crippen LogP contribution in [0.4, 0.5) is 0 Å². The van der Waals surface area contributed by atoms with Crippen LogP contribution in [0.5, 0.6) is 23.0 Å². The molecule has 0 atom stereocenters. The molecule has 0 saturated carbocycles. The molecule has 170 valence electrons. The lowest BCUT2D eigenvalue weighted by Gasteiger charge is -2.35. The number of fused-ring (bicyclic) bond motifs is 2. The van der Waals surface area contributed by atoms with Crippen LogP contribution >= 0.6 is 39.1 Å². The molecule has 0 aliphatic heterocycles. The maximum absolute atomic E-state index is 6.57. The molecule has 0 bridgehead atoms. The summed E-state index contributed by atoms with van der Waals surface area (Å²) in [5, 5.41) is 0.730. The summed E-state index contributed by atoms with van der Waals surface area (Å²) in [7, 11) is 0. The van der Waals surface area contributed by atoms with Crippen LogP contribution in [0, 0.1) is 0 Å². The van der Waals surface area contributed by atoms with Gasteiger partial charge in [-0.15, -0.1) is 23.2 Å². The molecule has 0 radical (unpaired) electrons.